The van der Waals surface area contributed by atoms with Crippen LogP contribution in [0.4, 0.5) is 5.69 Å². The van der Waals surface area contributed by atoms with Gasteiger partial charge in [0.15, 0.2) is 40.6 Å². The number of nitrogens with zero attached hydrogens (tertiary/aromatic N) is 3. The van der Waals surface area contributed by atoms with Gasteiger partial charge < -0.3 is 47.6 Å². The van der Waals surface area contributed by atoms with E-state index < -0.39 is 6.10 Å². The maximum atomic E-state index is 13.2. The normalized spacial score (nSPS) is 17.5. The maximum Gasteiger partial charge on any atom is 0.256 e. The first-order valence-corrected chi connectivity index (χ1v) is 16.1. The van der Waals surface area contributed by atoms with E-state index in [-0.39, 0.29) is 18.6 Å². The lowest BCUT2D eigenvalue weighted by Crippen LogP contribution is -2.35. The largest absolute Gasteiger partial charge is 0.493 e. The van der Waals surface area contributed by atoms with E-state index in [4.69, 9.17) is 42.7 Å². The minimum atomic E-state index is -0.398. The molecule has 13 heteroatoms. The van der Waals surface area contributed by atoms with E-state index in [0.717, 1.165) is 24.9 Å². The van der Waals surface area contributed by atoms with Crippen molar-refractivity contribution in [2.75, 3.05) is 62.4 Å². The summed E-state index contributed by atoms with van der Waals surface area (Å²) in [4.78, 5) is 25.4. The summed E-state index contributed by atoms with van der Waals surface area (Å²) in [5.74, 6) is 3.59. The summed E-state index contributed by atoms with van der Waals surface area (Å²) in [6, 6.07) is 9.02. The van der Waals surface area contributed by atoms with Gasteiger partial charge >= 0.3 is 0 Å². The highest BCUT2D eigenvalue weighted by Gasteiger charge is 2.34. The smallest absolute Gasteiger partial charge is 0.256 e. The van der Waals surface area contributed by atoms with Crippen LogP contribution in [0, 0.1) is 0 Å². The second-order valence-corrected chi connectivity index (χ2v) is 11.5. The van der Waals surface area contributed by atoms with E-state index in [2.05, 4.69) is 10.1 Å². The molecule has 0 bridgehead atoms. The van der Waals surface area contributed by atoms with Crippen LogP contribution in [0.2, 0.25) is 0 Å². The average Bonchev–Trinajstić information content (AvgIpc) is 3.83. The maximum absolute atomic E-state index is 13.2. The van der Waals surface area contributed by atoms with Crippen molar-refractivity contribution in [3.05, 3.63) is 41.5 Å². The van der Waals surface area contributed by atoms with Crippen molar-refractivity contribution in [3.63, 3.8) is 0 Å². The fourth-order valence-electron chi connectivity index (χ4n) is 6.47. The van der Waals surface area contributed by atoms with E-state index in [1.54, 1.807) is 67.1 Å². The van der Waals surface area contributed by atoms with E-state index >= 15 is 0 Å². The molecule has 1 amide bonds. The van der Waals surface area contributed by atoms with Crippen LogP contribution in [0.3, 0.4) is 0 Å². The lowest BCUT2D eigenvalue weighted by molar-refractivity contribution is 0.0774. The molecule has 3 aliphatic rings. The molecule has 3 aromatic rings. The Bertz CT molecular complexity index is 1750. The Labute approximate surface area is 285 Å². The van der Waals surface area contributed by atoms with Crippen LogP contribution in [0.5, 0.6) is 46.0 Å². The third kappa shape index (κ3) is 6.32. The van der Waals surface area contributed by atoms with Crippen LogP contribution in [0.15, 0.2) is 40.5 Å². The molecule has 0 radical (unpaired) electrons. The van der Waals surface area contributed by atoms with Crippen LogP contribution >= 0.6 is 0 Å². The molecule has 49 heavy (non-hydrogen) atoms. The Balaban J connectivity index is 1.26. The number of aliphatic imine (C=N–C) groups is 1. The number of methoxy groups -OCH3 is 6. The number of carbonyl (C=O) groups excluding carboxylic acids is 1. The number of benzene rings is 3. The number of amides is 1. The van der Waals surface area contributed by atoms with Gasteiger partial charge in [0.1, 0.15) is 0 Å². The summed E-state index contributed by atoms with van der Waals surface area (Å²) in [5, 5.41) is 4.00. The molecule has 13 nitrogen and oxygen atoms in total. The highest BCUT2D eigenvalue weighted by molar-refractivity contribution is 6.03. The third-order valence-electron chi connectivity index (χ3n) is 8.81. The van der Waals surface area contributed by atoms with Crippen molar-refractivity contribution in [1.29, 1.82) is 0 Å². The van der Waals surface area contributed by atoms with Crippen LogP contribution in [-0.4, -0.2) is 91.7 Å². The van der Waals surface area contributed by atoms with Crippen LogP contribution in [0.25, 0.3) is 11.1 Å². The van der Waals surface area contributed by atoms with E-state index in [1.807, 2.05) is 23.2 Å². The summed E-state index contributed by atoms with van der Waals surface area (Å²) in [5.41, 5.74) is 3.19. The van der Waals surface area contributed by atoms with E-state index in [9.17, 15) is 4.79 Å². The van der Waals surface area contributed by atoms with Crippen LogP contribution in [0.1, 0.15) is 47.7 Å². The van der Waals surface area contributed by atoms with Gasteiger partial charge in [-0.05, 0) is 37.1 Å². The standard InChI is InChI=1S/C36H41N3O10/c1-41-27-11-10-22(32(44-4)33(27)45-5)31-24(26-12-13-38-49-26)18-30(43-3)34(35(31)46-6)48-16-8-15-47-29-19-25-23(17-28(29)42-2)36(40)39-14-7-9-21(39)20-37-25/h10-11,13,17-21,26H,7-9,12,14-16H2,1-6H3/t21-,26?/m0/s1. The molecule has 1 saturated heterocycles. The molecule has 0 N–H and O–H groups in total. The Morgan fingerprint density at radius 3 is 2.22 bits per heavy atom. The second-order valence-electron chi connectivity index (χ2n) is 11.5. The summed E-state index contributed by atoms with van der Waals surface area (Å²) >= 11 is 0. The van der Waals surface area contributed by atoms with Crippen molar-refractivity contribution in [3.8, 4) is 57.1 Å². The summed E-state index contributed by atoms with van der Waals surface area (Å²) in [6.45, 7) is 1.28. The molecule has 1 unspecified atom stereocenters. The fraction of sp³-hybridized carbons (Fsp3) is 0.417. The first kappa shape index (κ1) is 33.6. The Morgan fingerprint density at radius 1 is 0.776 bits per heavy atom. The first-order valence-electron chi connectivity index (χ1n) is 16.1. The molecule has 0 aromatic heterocycles. The molecule has 1 fully saturated rings. The van der Waals surface area contributed by atoms with Crippen LogP contribution < -0.4 is 37.9 Å². The topological polar surface area (TPSA) is 128 Å². The van der Waals surface area contributed by atoms with Crippen molar-refractivity contribution in [1.82, 2.24) is 4.90 Å². The fourth-order valence-corrected chi connectivity index (χ4v) is 6.47. The summed E-state index contributed by atoms with van der Waals surface area (Å²) < 4.78 is 47.0. The summed E-state index contributed by atoms with van der Waals surface area (Å²) in [7, 11) is 9.37. The zero-order valence-corrected chi connectivity index (χ0v) is 28.6. The number of hydrogen-bond donors (Lipinski definition) is 0. The average molecular weight is 676 g/mol. The lowest BCUT2D eigenvalue weighted by Gasteiger charge is -2.24. The minimum Gasteiger partial charge on any atom is -0.493 e. The first-order chi connectivity index (χ1) is 24.0. The monoisotopic (exact) mass is 675 g/mol. The highest BCUT2D eigenvalue weighted by atomic mass is 16.6. The van der Waals surface area contributed by atoms with E-state index in [1.165, 1.54) is 0 Å². The molecule has 3 aromatic carbocycles. The van der Waals surface area contributed by atoms with Gasteiger partial charge in [0.2, 0.25) is 11.5 Å². The molecular formula is C36H41N3O10. The molecule has 3 aliphatic heterocycles. The molecule has 2 atom stereocenters. The van der Waals surface area contributed by atoms with Gasteiger partial charge in [0, 0.05) is 54.6 Å². The Kier molecular flexibility index (Phi) is 10.2. The van der Waals surface area contributed by atoms with Crippen LogP contribution in [-0.2, 0) is 4.84 Å². The van der Waals surface area contributed by atoms with Gasteiger partial charge in [-0.1, -0.05) is 5.16 Å². The SMILES string of the molecule is COc1cc2c(cc1OCCCOc1c(OC)cc(C3CC=NO3)c(-c3ccc(OC)c(OC)c3OC)c1OC)N=C[C@@H]1CCCN1C2=O. The number of hydrogen-bond acceptors (Lipinski definition) is 12. The predicted molar refractivity (Wildman–Crippen MR) is 182 cm³/mol. The Hall–Kier alpha value is -5.33. The summed E-state index contributed by atoms with van der Waals surface area (Å²) in [6.07, 6.45) is 6.10. The molecule has 0 aliphatic carbocycles. The number of fused-ring (bicyclic) bond motifs is 2. The molecule has 0 saturated carbocycles. The molecule has 0 spiro atoms. The van der Waals surface area contributed by atoms with Gasteiger partial charge in [0.25, 0.3) is 5.91 Å². The number of ether oxygens (including phenoxy) is 8. The van der Waals surface area contributed by atoms with Crippen molar-refractivity contribution in [2.45, 2.75) is 37.8 Å². The quantitative estimate of drug-likeness (QED) is 0.187. The lowest BCUT2D eigenvalue weighted by atomic mass is 9.92. The predicted octanol–water partition coefficient (Wildman–Crippen LogP) is 6.02. The van der Waals surface area contributed by atoms with Crippen molar-refractivity contribution in [2.24, 2.45) is 10.1 Å². The number of rotatable bonds is 14. The highest BCUT2D eigenvalue weighted by Crippen LogP contribution is 2.54. The molecule has 3 heterocycles. The number of carbonyl (C=O) groups is 1. The van der Waals surface area contributed by atoms with Gasteiger partial charge in [-0.2, -0.15) is 0 Å². The third-order valence-corrected chi connectivity index (χ3v) is 8.81. The second kappa shape index (κ2) is 14.8. The number of oxime groups is 1. The van der Waals surface area contributed by atoms with Crippen molar-refractivity contribution >= 4 is 24.0 Å². The zero-order valence-electron chi connectivity index (χ0n) is 28.6. The van der Waals surface area contributed by atoms with Gasteiger partial charge in [-0.3, -0.25) is 9.79 Å². The Morgan fingerprint density at radius 2 is 1.53 bits per heavy atom. The van der Waals surface area contributed by atoms with E-state index in [0.29, 0.717) is 87.8 Å². The van der Waals surface area contributed by atoms with Gasteiger partial charge in [-0.15, -0.1) is 0 Å². The molecular weight excluding hydrogens is 634 g/mol. The van der Waals surface area contributed by atoms with Gasteiger partial charge in [-0.25, -0.2) is 0 Å². The van der Waals surface area contributed by atoms with Gasteiger partial charge in [0.05, 0.1) is 73.2 Å². The molecule has 6 rings (SSSR count). The molecule has 260 valence electrons. The zero-order chi connectivity index (χ0) is 34.5. The van der Waals surface area contributed by atoms with Crippen molar-refractivity contribution < 1.29 is 47.5 Å². The minimum absolute atomic E-state index is 0.0165.